The number of hydrogen-bond donors (Lipinski definition) is 0. The smallest absolute Gasteiger partial charge is 0.290 e. The Hall–Kier alpha value is -3.61. The molecular weight excluding hydrogens is 458 g/mol. The van der Waals surface area contributed by atoms with E-state index < -0.39 is 0 Å². The highest BCUT2D eigenvalue weighted by atomic mass is 16.5. The molecule has 0 bridgehead atoms. The molecule has 36 heavy (non-hydrogen) atoms. The number of furan rings is 1. The first-order chi connectivity index (χ1) is 17.6. The normalized spacial score (nSPS) is 14.8. The lowest BCUT2D eigenvalue weighted by atomic mass is 9.87. The molecule has 192 valence electrons. The Morgan fingerprint density at radius 2 is 1.50 bits per heavy atom. The van der Waals surface area contributed by atoms with Crippen LogP contribution in [0.25, 0.3) is 0 Å². The summed E-state index contributed by atoms with van der Waals surface area (Å²) < 4.78 is 28.9. The van der Waals surface area contributed by atoms with Gasteiger partial charge in [0.2, 0.25) is 0 Å². The van der Waals surface area contributed by atoms with Gasteiger partial charge in [0.25, 0.3) is 5.91 Å². The van der Waals surface area contributed by atoms with Crippen LogP contribution >= 0.6 is 0 Å². The highest BCUT2D eigenvalue weighted by Gasteiger charge is 2.34. The molecule has 7 nitrogen and oxygen atoms in total. The van der Waals surface area contributed by atoms with E-state index >= 15 is 0 Å². The van der Waals surface area contributed by atoms with Gasteiger partial charge in [-0.25, -0.2) is 0 Å². The van der Waals surface area contributed by atoms with Gasteiger partial charge in [-0.2, -0.15) is 0 Å². The fourth-order valence-corrected chi connectivity index (χ4v) is 4.70. The molecule has 1 unspecified atom stereocenters. The van der Waals surface area contributed by atoms with E-state index in [0.717, 1.165) is 34.6 Å². The molecule has 0 N–H and O–H groups in total. The van der Waals surface area contributed by atoms with Crippen LogP contribution in [0.1, 0.15) is 61.0 Å². The van der Waals surface area contributed by atoms with E-state index in [4.69, 9.17) is 23.4 Å². The summed E-state index contributed by atoms with van der Waals surface area (Å²) in [6.45, 7) is 10.6. The van der Waals surface area contributed by atoms with Crippen LogP contribution in [0.5, 0.6) is 23.0 Å². The van der Waals surface area contributed by atoms with Crippen molar-refractivity contribution >= 4 is 5.91 Å². The summed E-state index contributed by atoms with van der Waals surface area (Å²) in [4.78, 5) is 15.4. The average Bonchev–Trinajstić information content (AvgIpc) is 3.42. The molecule has 0 radical (unpaired) electrons. The van der Waals surface area contributed by atoms with Gasteiger partial charge in [0.15, 0.2) is 28.8 Å². The predicted molar refractivity (Wildman–Crippen MR) is 137 cm³/mol. The van der Waals surface area contributed by atoms with Gasteiger partial charge >= 0.3 is 0 Å². The summed E-state index contributed by atoms with van der Waals surface area (Å²) in [6, 6.07) is 13.3. The van der Waals surface area contributed by atoms with Gasteiger partial charge in [0.05, 0.1) is 38.7 Å². The van der Waals surface area contributed by atoms with Crippen molar-refractivity contribution in [3.8, 4) is 23.0 Å². The molecule has 0 fully saturated rings. The van der Waals surface area contributed by atoms with Crippen molar-refractivity contribution in [1.82, 2.24) is 4.90 Å². The zero-order valence-corrected chi connectivity index (χ0v) is 21.5. The van der Waals surface area contributed by atoms with E-state index in [1.165, 1.54) is 6.26 Å². The molecule has 1 aliphatic rings. The zero-order chi connectivity index (χ0) is 25.5. The number of carbonyl (C=O) groups excluding carboxylic acids is 1. The first-order valence-corrected chi connectivity index (χ1v) is 12.7. The number of rotatable bonds is 11. The van der Waals surface area contributed by atoms with E-state index in [9.17, 15) is 4.79 Å². The quantitative estimate of drug-likeness (QED) is 0.333. The van der Waals surface area contributed by atoms with E-state index in [0.29, 0.717) is 56.7 Å². The maximum Gasteiger partial charge on any atom is 0.290 e. The molecule has 0 saturated heterocycles. The predicted octanol–water partition coefficient (Wildman–Crippen LogP) is 5.86. The van der Waals surface area contributed by atoms with Crippen LogP contribution in [0.4, 0.5) is 0 Å². The molecular formula is C29H35NO6. The minimum Gasteiger partial charge on any atom is -0.490 e. The SMILES string of the molecule is CCOc1ccc(CC2c3cc(OCC)c(OCC)cc3CCN2C(=O)c2ccco2)cc1OCC. The summed E-state index contributed by atoms with van der Waals surface area (Å²) >= 11 is 0. The lowest BCUT2D eigenvalue weighted by molar-refractivity contribution is 0.0626. The minimum absolute atomic E-state index is 0.126. The topological polar surface area (TPSA) is 70.4 Å². The maximum atomic E-state index is 13.5. The van der Waals surface area contributed by atoms with Crippen molar-refractivity contribution in [3.05, 3.63) is 71.2 Å². The van der Waals surface area contributed by atoms with Crippen molar-refractivity contribution in [2.75, 3.05) is 33.0 Å². The largest absolute Gasteiger partial charge is 0.490 e. The lowest BCUT2D eigenvalue weighted by Gasteiger charge is -2.37. The van der Waals surface area contributed by atoms with Crippen LogP contribution in [0, 0.1) is 0 Å². The highest BCUT2D eigenvalue weighted by Crippen LogP contribution is 2.41. The summed E-state index contributed by atoms with van der Waals surface area (Å²) in [5.74, 6) is 3.06. The standard InChI is InChI=1S/C29H35NO6/c1-5-32-24-12-11-20(17-26(24)33-6-2)16-23-22-19-28(35-8-4)27(34-7-3)18-21(22)13-14-30(23)29(31)25-10-9-15-36-25/h9-12,15,17-19,23H,5-8,13-14,16H2,1-4H3. The highest BCUT2D eigenvalue weighted by molar-refractivity contribution is 5.92. The first-order valence-electron chi connectivity index (χ1n) is 12.7. The third kappa shape index (κ3) is 5.45. The monoisotopic (exact) mass is 493 g/mol. The summed E-state index contributed by atoms with van der Waals surface area (Å²) in [5, 5.41) is 0. The molecule has 2 heterocycles. The van der Waals surface area contributed by atoms with Gasteiger partial charge in [-0.3, -0.25) is 4.79 Å². The molecule has 1 aliphatic heterocycles. The molecule has 3 aromatic rings. The number of amides is 1. The Bertz CT molecular complexity index is 1160. The van der Waals surface area contributed by atoms with E-state index in [1.54, 1.807) is 12.1 Å². The van der Waals surface area contributed by atoms with Crippen LogP contribution in [0.2, 0.25) is 0 Å². The number of benzene rings is 2. The molecule has 1 amide bonds. The van der Waals surface area contributed by atoms with Crippen molar-refractivity contribution < 1.29 is 28.2 Å². The van der Waals surface area contributed by atoms with Crippen LogP contribution in [-0.4, -0.2) is 43.8 Å². The van der Waals surface area contributed by atoms with Gasteiger partial charge in [0, 0.05) is 6.54 Å². The Morgan fingerprint density at radius 1 is 0.861 bits per heavy atom. The van der Waals surface area contributed by atoms with Gasteiger partial charge in [-0.15, -0.1) is 0 Å². The number of nitrogens with zero attached hydrogens (tertiary/aromatic N) is 1. The van der Waals surface area contributed by atoms with Crippen molar-refractivity contribution in [2.45, 2.75) is 46.6 Å². The summed E-state index contributed by atoms with van der Waals surface area (Å²) in [5.41, 5.74) is 3.26. The molecule has 2 aromatic carbocycles. The molecule has 1 aromatic heterocycles. The summed E-state index contributed by atoms with van der Waals surface area (Å²) in [6.07, 6.45) is 2.85. The van der Waals surface area contributed by atoms with E-state index in [-0.39, 0.29) is 11.9 Å². The van der Waals surface area contributed by atoms with Crippen LogP contribution in [0.15, 0.2) is 53.1 Å². The second-order valence-corrected chi connectivity index (χ2v) is 8.46. The molecule has 0 saturated carbocycles. The Kier molecular flexibility index (Phi) is 8.41. The van der Waals surface area contributed by atoms with Crippen molar-refractivity contribution in [3.63, 3.8) is 0 Å². The number of carbonyl (C=O) groups is 1. The Morgan fingerprint density at radius 3 is 2.14 bits per heavy atom. The fraction of sp³-hybridized carbons (Fsp3) is 0.414. The van der Waals surface area contributed by atoms with Gasteiger partial charge in [-0.1, -0.05) is 6.07 Å². The third-order valence-corrected chi connectivity index (χ3v) is 6.19. The molecule has 4 rings (SSSR count). The molecule has 0 spiro atoms. The van der Waals surface area contributed by atoms with Crippen LogP contribution in [-0.2, 0) is 12.8 Å². The maximum absolute atomic E-state index is 13.5. The lowest BCUT2D eigenvalue weighted by Crippen LogP contribution is -2.41. The average molecular weight is 494 g/mol. The van der Waals surface area contributed by atoms with Gasteiger partial charge in [0.1, 0.15) is 0 Å². The zero-order valence-electron chi connectivity index (χ0n) is 21.5. The second kappa shape index (κ2) is 11.9. The number of hydrogen-bond acceptors (Lipinski definition) is 6. The number of ether oxygens (including phenoxy) is 4. The number of fused-ring (bicyclic) bond motifs is 1. The van der Waals surface area contributed by atoms with Gasteiger partial charge < -0.3 is 28.3 Å². The van der Waals surface area contributed by atoms with Crippen LogP contribution in [0.3, 0.4) is 0 Å². The first kappa shape index (κ1) is 25.5. The molecule has 0 aliphatic carbocycles. The van der Waals surface area contributed by atoms with Gasteiger partial charge in [-0.05, 0) is 93.6 Å². The minimum atomic E-state index is -0.214. The van der Waals surface area contributed by atoms with Crippen molar-refractivity contribution in [2.24, 2.45) is 0 Å². The van der Waals surface area contributed by atoms with E-state index in [2.05, 4.69) is 6.07 Å². The Labute approximate surface area is 212 Å². The van der Waals surface area contributed by atoms with E-state index in [1.807, 2.05) is 56.9 Å². The molecule has 1 atom stereocenters. The summed E-state index contributed by atoms with van der Waals surface area (Å²) in [7, 11) is 0. The van der Waals surface area contributed by atoms with Crippen molar-refractivity contribution in [1.29, 1.82) is 0 Å². The second-order valence-electron chi connectivity index (χ2n) is 8.46. The fourth-order valence-electron chi connectivity index (χ4n) is 4.70. The van der Waals surface area contributed by atoms with Crippen LogP contribution < -0.4 is 18.9 Å². The third-order valence-electron chi connectivity index (χ3n) is 6.19. The Balaban J connectivity index is 1.76. The molecule has 7 heteroatoms.